The lowest BCUT2D eigenvalue weighted by molar-refractivity contribution is 0.806. The molecule has 1 aromatic heterocycles. The number of aryl methyl sites for hydroxylation is 2. The van der Waals surface area contributed by atoms with Crippen LogP contribution >= 0.6 is 0 Å². The molecule has 1 heterocycles. The molecule has 0 radical (unpaired) electrons. The second-order valence-corrected chi connectivity index (χ2v) is 5.01. The minimum atomic E-state index is 0.333. The Morgan fingerprint density at radius 1 is 0.905 bits per heavy atom. The molecule has 4 nitrogen and oxygen atoms in total. The summed E-state index contributed by atoms with van der Waals surface area (Å²) in [6.45, 7) is 4.07. The highest BCUT2D eigenvalue weighted by atomic mass is 15.4. The normalized spacial score (nSPS) is 10.3. The molecule has 0 fully saturated rings. The number of benzene rings is 2. The van der Waals surface area contributed by atoms with E-state index in [1.807, 2.05) is 62.4 Å². The fourth-order valence-electron chi connectivity index (χ4n) is 2.19. The van der Waals surface area contributed by atoms with Gasteiger partial charge in [-0.1, -0.05) is 52.7 Å². The lowest BCUT2D eigenvalue weighted by Crippen LogP contribution is -1.99. The summed E-state index contributed by atoms with van der Waals surface area (Å²) in [7, 11) is 0. The van der Waals surface area contributed by atoms with E-state index in [9.17, 15) is 5.26 Å². The molecular weight excluding hydrogens is 260 g/mol. The van der Waals surface area contributed by atoms with Gasteiger partial charge in [-0.05, 0) is 26.0 Å². The van der Waals surface area contributed by atoms with Gasteiger partial charge in [-0.25, -0.2) is 4.68 Å². The van der Waals surface area contributed by atoms with E-state index >= 15 is 0 Å². The van der Waals surface area contributed by atoms with E-state index in [0.29, 0.717) is 5.69 Å². The summed E-state index contributed by atoms with van der Waals surface area (Å²) in [4.78, 5) is 0. The monoisotopic (exact) mass is 274 g/mol. The van der Waals surface area contributed by atoms with Gasteiger partial charge in [-0.2, -0.15) is 5.26 Å². The molecule has 0 bridgehead atoms. The molecule has 21 heavy (non-hydrogen) atoms. The Labute approximate surface area is 123 Å². The number of hydrogen-bond acceptors (Lipinski definition) is 3. The Balaban J connectivity index is 2.19. The van der Waals surface area contributed by atoms with Crippen LogP contribution < -0.4 is 0 Å². The Morgan fingerprint density at radius 3 is 2.05 bits per heavy atom. The number of nitrogens with zero attached hydrogens (tertiary/aromatic N) is 4. The average molecular weight is 274 g/mol. The number of nitriles is 1. The molecule has 0 saturated carbocycles. The van der Waals surface area contributed by atoms with Gasteiger partial charge in [0.05, 0.1) is 5.69 Å². The zero-order valence-electron chi connectivity index (χ0n) is 11.9. The maximum absolute atomic E-state index is 9.27. The molecule has 0 aliphatic heterocycles. The zero-order valence-corrected chi connectivity index (χ0v) is 11.9. The Hall–Kier alpha value is -2.93. The molecule has 3 rings (SSSR count). The summed E-state index contributed by atoms with van der Waals surface area (Å²) < 4.78 is 1.71. The third-order valence-corrected chi connectivity index (χ3v) is 3.38. The molecule has 4 heteroatoms. The lowest BCUT2D eigenvalue weighted by atomic mass is 10.1. The summed E-state index contributed by atoms with van der Waals surface area (Å²) in [6.07, 6.45) is 0. The maximum Gasteiger partial charge on any atom is 0.191 e. The molecule has 0 N–H and O–H groups in total. The van der Waals surface area contributed by atoms with Crippen LogP contribution in [0, 0.1) is 25.2 Å². The van der Waals surface area contributed by atoms with Gasteiger partial charge in [0.1, 0.15) is 11.8 Å². The van der Waals surface area contributed by atoms with Crippen LogP contribution in [0.1, 0.15) is 16.8 Å². The number of aromatic nitrogens is 3. The van der Waals surface area contributed by atoms with Gasteiger partial charge in [0.25, 0.3) is 0 Å². The van der Waals surface area contributed by atoms with Gasteiger partial charge in [0, 0.05) is 5.56 Å². The molecule has 0 aliphatic carbocycles. The van der Waals surface area contributed by atoms with E-state index < -0.39 is 0 Å². The molecule has 0 amide bonds. The summed E-state index contributed by atoms with van der Waals surface area (Å²) in [6, 6.07) is 18.1. The van der Waals surface area contributed by atoms with Crippen LogP contribution in [-0.2, 0) is 0 Å². The largest absolute Gasteiger partial charge is 0.211 e. The van der Waals surface area contributed by atoms with Crippen molar-refractivity contribution in [3.63, 3.8) is 0 Å². The standard InChI is InChI=1S/C17H14N4/c1-12-3-7-14(8-4-12)17-16(11-18)19-20-21(17)15-9-5-13(2)6-10-15/h3-10H,1-2H3. The van der Waals surface area contributed by atoms with E-state index in [-0.39, 0.29) is 0 Å². The highest BCUT2D eigenvalue weighted by molar-refractivity contribution is 5.67. The topological polar surface area (TPSA) is 54.5 Å². The van der Waals surface area contributed by atoms with Gasteiger partial charge < -0.3 is 0 Å². The first-order chi connectivity index (χ1) is 10.2. The summed E-state index contributed by atoms with van der Waals surface area (Å²) in [5, 5.41) is 17.4. The van der Waals surface area contributed by atoms with Crippen LogP contribution in [0.2, 0.25) is 0 Å². The summed E-state index contributed by atoms with van der Waals surface area (Å²) in [5.74, 6) is 0. The average Bonchev–Trinajstić information content (AvgIpc) is 2.93. The van der Waals surface area contributed by atoms with Gasteiger partial charge >= 0.3 is 0 Å². The molecule has 3 aromatic rings. The van der Waals surface area contributed by atoms with Crippen LogP contribution in [0.25, 0.3) is 16.9 Å². The highest BCUT2D eigenvalue weighted by Crippen LogP contribution is 2.25. The van der Waals surface area contributed by atoms with Crippen LogP contribution in [-0.4, -0.2) is 15.0 Å². The van der Waals surface area contributed by atoms with Crippen molar-refractivity contribution in [2.24, 2.45) is 0 Å². The smallest absolute Gasteiger partial charge is 0.191 e. The van der Waals surface area contributed by atoms with Crippen LogP contribution in [0.5, 0.6) is 0 Å². The number of rotatable bonds is 2. The lowest BCUT2D eigenvalue weighted by Gasteiger charge is -2.07. The van der Waals surface area contributed by atoms with Crippen LogP contribution in [0.4, 0.5) is 0 Å². The minimum absolute atomic E-state index is 0.333. The van der Waals surface area contributed by atoms with E-state index in [2.05, 4.69) is 16.4 Å². The summed E-state index contributed by atoms with van der Waals surface area (Å²) >= 11 is 0. The van der Waals surface area contributed by atoms with Crippen molar-refractivity contribution in [2.45, 2.75) is 13.8 Å². The third kappa shape index (κ3) is 2.41. The van der Waals surface area contributed by atoms with Gasteiger partial charge in [0.15, 0.2) is 5.69 Å². The van der Waals surface area contributed by atoms with E-state index in [1.165, 1.54) is 11.1 Å². The SMILES string of the molecule is Cc1ccc(-c2c(C#N)nnn2-c2ccc(C)cc2)cc1. The van der Waals surface area contributed by atoms with E-state index in [0.717, 1.165) is 16.9 Å². The number of hydrogen-bond donors (Lipinski definition) is 0. The predicted octanol–water partition coefficient (Wildman–Crippen LogP) is 3.42. The van der Waals surface area contributed by atoms with E-state index in [1.54, 1.807) is 4.68 Å². The van der Waals surface area contributed by atoms with Gasteiger partial charge in [-0.3, -0.25) is 0 Å². The quantitative estimate of drug-likeness (QED) is 0.719. The Morgan fingerprint density at radius 2 is 1.48 bits per heavy atom. The van der Waals surface area contributed by atoms with Gasteiger partial charge in [-0.15, -0.1) is 5.10 Å². The summed E-state index contributed by atoms with van der Waals surface area (Å²) in [5.41, 5.74) is 5.23. The predicted molar refractivity (Wildman–Crippen MR) is 81.0 cm³/mol. The first kappa shape index (κ1) is 13.1. The van der Waals surface area contributed by atoms with Crippen molar-refractivity contribution in [3.8, 4) is 23.0 Å². The van der Waals surface area contributed by atoms with Crippen molar-refractivity contribution in [1.29, 1.82) is 5.26 Å². The molecule has 0 saturated heterocycles. The Kier molecular flexibility index (Phi) is 3.25. The molecule has 0 aliphatic rings. The second-order valence-electron chi connectivity index (χ2n) is 5.01. The van der Waals surface area contributed by atoms with Gasteiger partial charge in [0.2, 0.25) is 0 Å². The fraction of sp³-hybridized carbons (Fsp3) is 0.118. The zero-order chi connectivity index (χ0) is 14.8. The minimum Gasteiger partial charge on any atom is -0.211 e. The molecule has 0 spiro atoms. The fourth-order valence-corrected chi connectivity index (χ4v) is 2.19. The first-order valence-corrected chi connectivity index (χ1v) is 6.69. The Bertz CT molecular complexity index is 805. The molecule has 102 valence electrons. The van der Waals surface area contributed by atoms with Crippen LogP contribution in [0.15, 0.2) is 48.5 Å². The maximum atomic E-state index is 9.27. The molecule has 2 aromatic carbocycles. The van der Waals surface area contributed by atoms with Crippen molar-refractivity contribution in [1.82, 2.24) is 15.0 Å². The molecule has 0 unspecified atom stereocenters. The van der Waals surface area contributed by atoms with Crippen molar-refractivity contribution in [2.75, 3.05) is 0 Å². The van der Waals surface area contributed by atoms with Crippen molar-refractivity contribution >= 4 is 0 Å². The first-order valence-electron chi connectivity index (χ1n) is 6.69. The van der Waals surface area contributed by atoms with E-state index in [4.69, 9.17) is 0 Å². The van der Waals surface area contributed by atoms with Crippen molar-refractivity contribution in [3.05, 3.63) is 65.4 Å². The highest BCUT2D eigenvalue weighted by Gasteiger charge is 2.15. The van der Waals surface area contributed by atoms with Crippen LogP contribution in [0.3, 0.4) is 0 Å². The third-order valence-electron chi connectivity index (χ3n) is 3.38. The second kappa shape index (κ2) is 5.22. The van der Waals surface area contributed by atoms with Crippen molar-refractivity contribution < 1.29 is 0 Å². The molecule has 0 atom stereocenters. The molecular formula is C17H14N4.